The number of rotatable bonds is 2. The molecule has 0 atom stereocenters. The van der Waals surface area contributed by atoms with Crippen molar-refractivity contribution < 1.29 is 4.74 Å². The van der Waals surface area contributed by atoms with E-state index in [0.29, 0.717) is 0 Å². The molecule has 0 saturated carbocycles. The standard InChI is InChI=1S/C10H15NO/c1-7(2)12-10-6-5-8(3)11-9(10)4/h5-7H,1-4H3. The van der Waals surface area contributed by atoms with Crippen LogP contribution in [-0.4, -0.2) is 11.1 Å². The Morgan fingerprint density at radius 2 is 1.92 bits per heavy atom. The number of hydrogen-bond donors (Lipinski definition) is 0. The molecule has 66 valence electrons. The minimum Gasteiger partial charge on any atom is -0.489 e. The average Bonchev–Trinajstić information content (AvgIpc) is 1.94. The molecule has 0 spiro atoms. The van der Waals surface area contributed by atoms with Crippen molar-refractivity contribution in [2.45, 2.75) is 33.8 Å². The average molecular weight is 165 g/mol. The molecule has 12 heavy (non-hydrogen) atoms. The zero-order valence-corrected chi connectivity index (χ0v) is 8.09. The Morgan fingerprint density at radius 1 is 1.25 bits per heavy atom. The van der Waals surface area contributed by atoms with Crippen LogP contribution in [0.3, 0.4) is 0 Å². The zero-order valence-electron chi connectivity index (χ0n) is 8.09. The molecular weight excluding hydrogens is 150 g/mol. The third-order valence-corrected chi connectivity index (χ3v) is 1.54. The second-order valence-electron chi connectivity index (χ2n) is 3.20. The van der Waals surface area contributed by atoms with Gasteiger partial charge in [0.25, 0.3) is 0 Å². The number of aryl methyl sites for hydroxylation is 2. The lowest BCUT2D eigenvalue weighted by molar-refractivity contribution is 0.239. The number of ether oxygens (including phenoxy) is 1. The Morgan fingerprint density at radius 3 is 2.42 bits per heavy atom. The van der Waals surface area contributed by atoms with Crippen molar-refractivity contribution in [1.29, 1.82) is 0 Å². The number of aromatic nitrogens is 1. The van der Waals surface area contributed by atoms with Crippen LogP contribution in [0.5, 0.6) is 5.75 Å². The van der Waals surface area contributed by atoms with E-state index in [0.717, 1.165) is 17.1 Å². The molecule has 0 aliphatic heterocycles. The first-order valence-electron chi connectivity index (χ1n) is 4.20. The molecular formula is C10H15NO. The van der Waals surface area contributed by atoms with E-state index < -0.39 is 0 Å². The molecule has 1 heterocycles. The summed E-state index contributed by atoms with van der Waals surface area (Å²) in [5, 5.41) is 0. The highest BCUT2D eigenvalue weighted by Gasteiger charge is 2.02. The van der Waals surface area contributed by atoms with E-state index in [1.54, 1.807) is 0 Å². The predicted molar refractivity (Wildman–Crippen MR) is 49.5 cm³/mol. The van der Waals surface area contributed by atoms with Gasteiger partial charge < -0.3 is 4.74 Å². The molecule has 1 rings (SSSR count). The van der Waals surface area contributed by atoms with Crippen LogP contribution < -0.4 is 4.74 Å². The van der Waals surface area contributed by atoms with Gasteiger partial charge in [0, 0.05) is 5.69 Å². The second kappa shape index (κ2) is 3.57. The molecule has 0 radical (unpaired) electrons. The van der Waals surface area contributed by atoms with Crippen molar-refractivity contribution in [3.63, 3.8) is 0 Å². The fourth-order valence-electron chi connectivity index (χ4n) is 1.05. The topological polar surface area (TPSA) is 22.1 Å². The van der Waals surface area contributed by atoms with Gasteiger partial charge in [-0.1, -0.05) is 0 Å². The van der Waals surface area contributed by atoms with E-state index in [-0.39, 0.29) is 6.10 Å². The zero-order chi connectivity index (χ0) is 9.14. The van der Waals surface area contributed by atoms with Crippen LogP contribution in [0.15, 0.2) is 12.1 Å². The lowest BCUT2D eigenvalue weighted by Crippen LogP contribution is -2.07. The highest BCUT2D eigenvalue weighted by Crippen LogP contribution is 2.16. The molecule has 1 aromatic rings. The Hall–Kier alpha value is -1.05. The van der Waals surface area contributed by atoms with Crippen LogP contribution in [0.2, 0.25) is 0 Å². The molecule has 1 aromatic heterocycles. The van der Waals surface area contributed by atoms with Gasteiger partial charge >= 0.3 is 0 Å². The van der Waals surface area contributed by atoms with Crippen molar-refractivity contribution in [3.05, 3.63) is 23.5 Å². The molecule has 2 heteroatoms. The quantitative estimate of drug-likeness (QED) is 0.671. The van der Waals surface area contributed by atoms with Crippen LogP contribution in [0, 0.1) is 13.8 Å². The van der Waals surface area contributed by atoms with Gasteiger partial charge in [0.2, 0.25) is 0 Å². The first-order chi connectivity index (χ1) is 5.59. The maximum atomic E-state index is 5.54. The first kappa shape index (κ1) is 9.04. The van der Waals surface area contributed by atoms with E-state index in [1.807, 2.05) is 39.8 Å². The Balaban J connectivity index is 2.86. The van der Waals surface area contributed by atoms with Crippen LogP contribution in [-0.2, 0) is 0 Å². The highest BCUT2D eigenvalue weighted by atomic mass is 16.5. The molecule has 0 amide bonds. The first-order valence-corrected chi connectivity index (χ1v) is 4.20. The molecule has 0 unspecified atom stereocenters. The van der Waals surface area contributed by atoms with Gasteiger partial charge in [-0.05, 0) is 39.8 Å². The Labute approximate surface area is 73.6 Å². The van der Waals surface area contributed by atoms with Crippen LogP contribution in [0.4, 0.5) is 0 Å². The normalized spacial score (nSPS) is 10.4. The monoisotopic (exact) mass is 165 g/mol. The van der Waals surface area contributed by atoms with E-state index in [9.17, 15) is 0 Å². The lowest BCUT2D eigenvalue weighted by Gasteiger charge is -2.11. The van der Waals surface area contributed by atoms with Gasteiger partial charge in [-0.15, -0.1) is 0 Å². The Kier molecular flexibility index (Phi) is 2.69. The summed E-state index contributed by atoms with van der Waals surface area (Å²) in [5.74, 6) is 0.885. The number of pyridine rings is 1. The number of nitrogens with zero attached hydrogens (tertiary/aromatic N) is 1. The SMILES string of the molecule is Cc1ccc(OC(C)C)c(C)n1. The van der Waals surface area contributed by atoms with Gasteiger partial charge in [0.05, 0.1) is 11.8 Å². The summed E-state index contributed by atoms with van der Waals surface area (Å²) in [6, 6.07) is 3.93. The van der Waals surface area contributed by atoms with Gasteiger partial charge in [0.15, 0.2) is 0 Å². The third kappa shape index (κ3) is 2.22. The summed E-state index contributed by atoms with van der Waals surface area (Å²) >= 11 is 0. The fourth-order valence-corrected chi connectivity index (χ4v) is 1.05. The molecule has 0 aliphatic carbocycles. The van der Waals surface area contributed by atoms with Gasteiger partial charge in [-0.3, -0.25) is 4.98 Å². The van der Waals surface area contributed by atoms with E-state index in [4.69, 9.17) is 4.74 Å². The van der Waals surface area contributed by atoms with Crippen LogP contribution in [0.1, 0.15) is 25.2 Å². The minimum atomic E-state index is 0.216. The molecule has 0 N–H and O–H groups in total. The van der Waals surface area contributed by atoms with E-state index in [2.05, 4.69) is 4.98 Å². The minimum absolute atomic E-state index is 0.216. The Bertz CT molecular complexity index is 269. The van der Waals surface area contributed by atoms with Crippen LogP contribution >= 0.6 is 0 Å². The van der Waals surface area contributed by atoms with Crippen LogP contribution in [0.25, 0.3) is 0 Å². The smallest absolute Gasteiger partial charge is 0.140 e. The van der Waals surface area contributed by atoms with E-state index in [1.165, 1.54) is 0 Å². The molecule has 0 bridgehead atoms. The molecule has 0 aliphatic rings. The van der Waals surface area contributed by atoms with Crippen molar-refractivity contribution in [1.82, 2.24) is 4.98 Å². The second-order valence-corrected chi connectivity index (χ2v) is 3.20. The van der Waals surface area contributed by atoms with Crippen molar-refractivity contribution in [3.8, 4) is 5.75 Å². The highest BCUT2D eigenvalue weighted by molar-refractivity contribution is 5.28. The van der Waals surface area contributed by atoms with Crippen molar-refractivity contribution >= 4 is 0 Å². The molecule has 0 saturated heterocycles. The van der Waals surface area contributed by atoms with E-state index >= 15 is 0 Å². The summed E-state index contributed by atoms with van der Waals surface area (Å²) in [6.45, 7) is 7.97. The number of hydrogen-bond acceptors (Lipinski definition) is 2. The molecule has 0 fully saturated rings. The summed E-state index contributed by atoms with van der Waals surface area (Å²) < 4.78 is 5.54. The molecule has 0 aromatic carbocycles. The molecule has 2 nitrogen and oxygen atoms in total. The summed E-state index contributed by atoms with van der Waals surface area (Å²) in [7, 11) is 0. The maximum absolute atomic E-state index is 5.54. The summed E-state index contributed by atoms with van der Waals surface area (Å²) in [4.78, 5) is 4.30. The van der Waals surface area contributed by atoms with Gasteiger partial charge in [-0.25, -0.2) is 0 Å². The van der Waals surface area contributed by atoms with Crippen molar-refractivity contribution in [2.75, 3.05) is 0 Å². The van der Waals surface area contributed by atoms with Gasteiger partial charge in [0.1, 0.15) is 5.75 Å². The largest absolute Gasteiger partial charge is 0.489 e. The predicted octanol–water partition coefficient (Wildman–Crippen LogP) is 2.49. The maximum Gasteiger partial charge on any atom is 0.140 e. The fraction of sp³-hybridized carbons (Fsp3) is 0.500. The van der Waals surface area contributed by atoms with Crippen molar-refractivity contribution in [2.24, 2.45) is 0 Å². The third-order valence-electron chi connectivity index (χ3n) is 1.54. The van der Waals surface area contributed by atoms with Gasteiger partial charge in [-0.2, -0.15) is 0 Å². The summed E-state index contributed by atoms with van der Waals surface area (Å²) in [5.41, 5.74) is 1.99. The summed E-state index contributed by atoms with van der Waals surface area (Å²) in [6.07, 6.45) is 0.216. The lowest BCUT2D eigenvalue weighted by atomic mass is 10.3.